The lowest BCUT2D eigenvalue weighted by Gasteiger charge is -2.23. The van der Waals surface area contributed by atoms with Crippen LogP contribution in [0.5, 0.6) is 0 Å². The second kappa shape index (κ2) is 7.81. The molecule has 4 N–H and O–H groups in total. The smallest absolute Gasteiger partial charge is 0.293 e. The van der Waals surface area contributed by atoms with Gasteiger partial charge in [0.2, 0.25) is 0 Å². The highest BCUT2D eigenvalue weighted by Crippen LogP contribution is 2.03. The normalized spacial score (nSPS) is 15.4. The molecule has 1 saturated heterocycles. The average molecular weight is 293 g/mol. The molecule has 0 spiro atoms. The van der Waals surface area contributed by atoms with Crippen LogP contribution in [-0.2, 0) is 4.79 Å². The number of anilines is 1. The van der Waals surface area contributed by atoms with Crippen LogP contribution in [-0.4, -0.2) is 30.7 Å². The molecular weight excluding hydrogens is 272 g/mol. The second-order valence-electron chi connectivity index (χ2n) is 4.98. The predicted molar refractivity (Wildman–Crippen MR) is 83.4 cm³/mol. The van der Waals surface area contributed by atoms with Crippen molar-refractivity contribution < 1.29 is 9.69 Å². The Hall–Kier alpha value is -1.66. The number of rotatable bonds is 3. The molecule has 0 bridgehead atoms. The minimum Gasteiger partial charge on any atom is -0.331 e. The van der Waals surface area contributed by atoms with Crippen LogP contribution in [0.1, 0.15) is 19.3 Å². The zero-order chi connectivity index (χ0) is 14.2. The second-order valence-corrected chi connectivity index (χ2v) is 5.39. The Morgan fingerprint density at radius 3 is 2.50 bits per heavy atom. The molecule has 0 unspecified atom stereocenters. The fourth-order valence-electron chi connectivity index (χ4n) is 2.31. The van der Waals surface area contributed by atoms with Gasteiger partial charge in [-0.3, -0.25) is 15.6 Å². The third-order valence-electron chi connectivity index (χ3n) is 3.32. The maximum atomic E-state index is 11.8. The number of benzene rings is 1. The lowest BCUT2D eigenvalue weighted by molar-refractivity contribution is -0.896. The summed E-state index contributed by atoms with van der Waals surface area (Å²) in [5.41, 5.74) is 6.25. The summed E-state index contributed by atoms with van der Waals surface area (Å²) in [6, 6.07) is 9.60. The minimum atomic E-state index is -0.0286. The van der Waals surface area contributed by atoms with E-state index in [4.69, 9.17) is 12.2 Å². The van der Waals surface area contributed by atoms with Gasteiger partial charge in [-0.05, 0) is 43.6 Å². The monoisotopic (exact) mass is 293 g/mol. The van der Waals surface area contributed by atoms with Gasteiger partial charge in [-0.25, -0.2) is 0 Å². The summed E-state index contributed by atoms with van der Waals surface area (Å²) in [7, 11) is 0. The van der Waals surface area contributed by atoms with Gasteiger partial charge in [0.25, 0.3) is 5.91 Å². The number of hydrogen-bond donors (Lipinski definition) is 4. The van der Waals surface area contributed by atoms with Gasteiger partial charge in [0.1, 0.15) is 0 Å². The summed E-state index contributed by atoms with van der Waals surface area (Å²) in [6.07, 6.45) is 3.71. The van der Waals surface area contributed by atoms with E-state index in [0.717, 1.165) is 18.8 Å². The third kappa shape index (κ3) is 5.14. The van der Waals surface area contributed by atoms with Gasteiger partial charge >= 0.3 is 0 Å². The standard InChI is InChI=1S/C14H20N4OS/c19-13(11-18-9-5-2-6-10-18)16-17-14(20)15-12-7-3-1-4-8-12/h1,3-4,7-8H,2,5-6,9-11H2,(H,16,19)(H2,15,17,20)/p+1. The number of hydrazine groups is 1. The first-order valence-electron chi connectivity index (χ1n) is 6.98. The topological polar surface area (TPSA) is 57.6 Å². The highest BCUT2D eigenvalue weighted by atomic mass is 32.1. The molecule has 1 aliphatic heterocycles. The summed E-state index contributed by atoms with van der Waals surface area (Å²) in [4.78, 5) is 13.1. The molecular formula is C14H21N4OS+. The van der Waals surface area contributed by atoms with E-state index in [1.165, 1.54) is 24.2 Å². The van der Waals surface area contributed by atoms with E-state index < -0.39 is 0 Å². The predicted octanol–water partition coefficient (Wildman–Crippen LogP) is 0.0730. The Kier molecular flexibility index (Phi) is 5.76. The van der Waals surface area contributed by atoms with Crippen LogP contribution in [0.25, 0.3) is 0 Å². The molecule has 1 aromatic rings. The molecule has 108 valence electrons. The molecule has 0 aliphatic carbocycles. The molecule has 1 fully saturated rings. The molecule has 0 aromatic heterocycles. The Morgan fingerprint density at radius 1 is 1.10 bits per heavy atom. The Balaban J connectivity index is 1.66. The van der Waals surface area contributed by atoms with Crippen LogP contribution < -0.4 is 21.1 Å². The van der Waals surface area contributed by atoms with E-state index in [9.17, 15) is 4.79 Å². The number of thiocarbonyl (C=S) groups is 1. The number of carbonyl (C=O) groups is 1. The first-order valence-corrected chi connectivity index (χ1v) is 7.39. The molecule has 0 radical (unpaired) electrons. The lowest BCUT2D eigenvalue weighted by Crippen LogP contribution is -3.14. The molecule has 6 heteroatoms. The molecule has 0 atom stereocenters. The minimum absolute atomic E-state index is 0.0286. The Bertz CT molecular complexity index is 446. The summed E-state index contributed by atoms with van der Waals surface area (Å²) < 4.78 is 0. The largest absolute Gasteiger partial charge is 0.331 e. The van der Waals surface area contributed by atoms with Gasteiger partial charge in [-0.1, -0.05) is 18.2 Å². The number of amides is 1. The first-order chi connectivity index (χ1) is 9.74. The van der Waals surface area contributed by atoms with Gasteiger partial charge in [0.05, 0.1) is 13.1 Å². The van der Waals surface area contributed by atoms with E-state index in [-0.39, 0.29) is 5.91 Å². The first kappa shape index (κ1) is 14.7. The average Bonchev–Trinajstić information content (AvgIpc) is 2.47. The number of piperidine rings is 1. The summed E-state index contributed by atoms with van der Waals surface area (Å²) in [5, 5.41) is 3.39. The molecule has 5 nitrogen and oxygen atoms in total. The molecule has 2 rings (SSSR count). The van der Waals surface area contributed by atoms with Crippen LogP contribution in [0.3, 0.4) is 0 Å². The van der Waals surface area contributed by atoms with Crippen LogP contribution in [0.15, 0.2) is 30.3 Å². The van der Waals surface area contributed by atoms with Crippen molar-refractivity contribution in [3.05, 3.63) is 30.3 Å². The lowest BCUT2D eigenvalue weighted by atomic mass is 10.1. The van der Waals surface area contributed by atoms with Crippen molar-refractivity contribution in [2.24, 2.45) is 0 Å². The summed E-state index contributed by atoms with van der Waals surface area (Å²) in [5.74, 6) is -0.0286. The van der Waals surface area contributed by atoms with E-state index >= 15 is 0 Å². The number of nitrogens with one attached hydrogen (secondary N) is 4. The van der Waals surface area contributed by atoms with Crippen molar-refractivity contribution in [3.63, 3.8) is 0 Å². The van der Waals surface area contributed by atoms with Crippen molar-refractivity contribution in [2.45, 2.75) is 19.3 Å². The fraction of sp³-hybridized carbons (Fsp3) is 0.429. The number of hydrogen-bond acceptors (Lipinski definition) is 2. The summed E-state index contributed by atoms with van der Waals surface area (Å²) >= 11 is 5.12. The number of carbonyl (C=O) groups excluding carboxylic acids is 1. The zero-order valence-corrected chi connectivity index (χ0v) is 12.3. The van der Waals surface area contributed by atoms with E-state index in [0.29, 0.717) is 11.7 Å². The van der Waals surface area contributed by atoms with Gasteiger partial charge in [0, 0.05) is 5.69 Å². The molecule has 1 amide bonds. The quantitative estimate of drug-likeness (QED) is 0.471. The highest BCUT2D eigenvalue weighted by molar-refractivity contribution is 7.80. The van der Waals surface area contributed by atoms with Gasteiger partial charge < -0.3 is 10.2 Å². The van der Waals surface area contributed by atoms with Crippen LogP contribution in [0, 0.1) is 0 Å². The maximum Gasteiger partial charge on any atom is 0.293 e. The van der Waals surface area contributed by atoms with Crippen molar-refractivity contribution in [3.8, 4) is 0 Å². The highest BCUT2D eigenvalue weighted by Gasteiger charge is 2.17. The molecule has 0 saturated carbocycles. The molecule has 1 heterocycles. The maximum absolute atomic E-state index is 11.8. The van der Waals surface area contributed by atoms with Gasteiger partial charge in [-0.15, -0.1) is 0 Å². The van der Waals surface area contributed by atoms with Crippen molar-refractivity contribution >= 4 is 28.9 Å². The SMILES string of the molecule is O=C(C[NH+]1CCCCC1)NNC(=S)Nc1ccccc1. The van der Waals surface area contributed by atoms with Gasteiger partial charge in [-0.2, -0.15) is 0 Å². The fourth-order valence-corrected chi connectivity index (χ4v) is 2.48. The van der Waals surface area contributed by atoms with Gasteiger partial charge in [0.15, 0.2) is 11.7 Å². The van der Waals surface area contributed by atoms with Crippen molar-refractivity contribution in [1.82, 2.24) is 10.9 Å². The molecule has 1 aromatic carbocycles. The van der Waals surface area contributed by atoms with Crippen molar-refractivity contribution in [2.75, 3.05) is 25.0 Å². The summed E-state index contributed by atoms with van der Waals surface area (Å²) in [6.45, 7) is 2.67. The Morgan fingerprint density at radius 2 is 1.80 bits per heavy atom. The number of para-hydroxylation sites is 1. The Labute approximate surface area is 124 Å². The van der Waals surface area contributed by atoms with Crippen LogP contribution in [0.4, 0.5) is 5.69 Å². The van der Waals surface area contributed by atoms with E-state index in [2.05, 4.69) is 16.2 Å². The van der Waals surface area contributed by atoms with Crippen molar-refractivity contribution in [1.29, 1.82) is 0 Å². The number of likely N-dealkylation sites (tertiary alicyclic amines) is 1. The van der Waals surface area contributed by atoms with E-state index in [1.807, 2.05) is 30.3 Å². The van der Waals surface area contributed by atoms with E-state index in [1.54, 1.807) is 0 Å². The van der Waals surface area contributed by atoms with Crippen LogP contribution in [0.2, 0.25) is 0 Å². The van der Waals surface area contributed by atoms with Crippen LogP contribution >= 0.6 is 12.2 Å². The number of quaternary nitrogens is 1. The zero-order valence-electron chi connectivity index (χ0n) is 11.4. The molecule has 1 aliphatic rings. The third-order valence-corrected chi connectivity index (χ3v) is 3.52. The molecule has 20 heavy (non-hydrogen) atoms.